The van der Waals surface area contributed by atoms with Crippen molar-refractivity contribution >= 4 is 23.2 Å². The largest absolute Gasteiger partial charge is 0.381 e. The molecule has 1 unspecified atom stereocenters. The first-order valence-corrected chi connectivity index (χ1v) is 8.63. The molecule has 0 bridgehead atoms. The summed E-state index contributed by atoms with van der Waals surface area (Å²) in [5.74, 6) is -1.07. The van der Waals surface area contributed by atoms with Crippen molar-refractivity contribution in [3.8, 4) is 0 Å². The molecule has 4 nitrogen and oxygen atoms in total. The van der Waals surface area contributed by atoms with E-state index in [1.165, 1.54) is 0 Å². The lowest BCUT2D eigenvalue weighted by Crippen LogP contribution is -2.27. The molecule has 0 aliphatic carbocycles. The van der Waals surface area contributed by atoms with Crippen molar-refractivity contribution in [2.75, 3.05) is 5.32 Å². The highest BCUT2D eigenvalue weighted by Crippen LogP contribution is 2.27. The molecule has 0 aliphatic heterocycles. The summed E-state index contributed by atoms with van der Waals surface area (Å²) in [4.78, 5) is 12.2. The van der Waals surface area contributed by atoms with E-state index in [1.54, 1.807) is 5.48 Å². The summed E-state index contributed by atoms with van der Waals surface area (Å²) in [6, 6.07) is 24.6. The molecule has 3 rings (SSSR count). The van der Waals surface area contributed by atoms with E-state index in [1.807, 2.05) is 78.9 Å². The highest BCUT2D eigenvalue weighted by molar-refractivity contribution is 6.31. The SMILES string of the molecule is O=C(NO)C(c1ccccc1)c1cccc(NCc2ccccc2Cl)c1. The summed E-state index contributed by atoms with van der Waals surface area (Å²) >= 11 is 6.19. The standard InChI is InChI=1S/C21H19ClN2O2/c22-19-12-5-4-9-17(19)14-23-18-11-6-10-16(13-18)20(21(25)24-26)15-7-2-1-3-8-15/h1-13,20,23,26H,14H2,(H,24,25). The Morgan fingerprint density at radius 3 is 2.35 bits per heavy atom. The molecule has 1 atom stereocenters. The minimum absolute atomic E-state index is 0.473. The van der Waals surface area contributed by atoms with Gasteiger partial charge in [0.1, 0.15) is 0 Å². The van der Waals surface area contributed by atoms with Crippen LogP contribution in [-0.4, -0.2) is 11.1 Å². The third-order valence-corrected chi connectivity index (χ3v) is 4.53. The summed E-state index contributed by atoms with van der Waals surface area (Å²) in [7, 11) is 0. The summed E-state index contributed by atoms with van der Waals surface area (Å²) in [6.45, 7) is 0.575. The molecule has 0 saturated heterocycles. The summed E-state index contributed by atoms with van der Waals surface area (Å²) < 4.78 is 0. The smallest absolute Gasteiger partial charge is 0.255 e. The second-order valence-corrected chi connectivity index (χ2v) is 6.30. The van der Waals surface area contributed by atoms with Crippen LogP contribution in [0.3, 0.4) is 0 Å². The lowest BCUT2D eigenvalue weighted by Gasteiger charge is -2.17. The van der Waals surface area contributed by atoms with Gasteiger partial charge in [0.2, 0.25) is 0 Å². The van der Waals surface area contributed by atoms with Crippen molar-refractivity contribution < 1.29 is 10.0 Å². The van der Waals surface area contributed by atoms with E-state index in [0.717, 1.165) is 22.4 Å². The quantitative estimate of drug-likeness (QED) is 0.441. The van der Waals surface area contributed by atoms with Gasteiger partial charge in [-0.15, -0.1) is 0 Å². The number of hydrogen-bond acceptors (Lipinski definition) is 3. The fourth-order valence-electron chi connectivity index (χ4n) is 2.87. The number of benzene rings is 3. The summed E-state index contributed by atoms with van der Waals surface area (Å²) in [5, 5.41) is 13.2. The predicted molar refractivity (Wildman–Crippen MR) is 103 cm³/mol. The zero-order valence-corrected chi connectivity index (χ0v) is 14.8. The van der Waals surface area contributed by atoms with Crippen LogP contribution >= 0.6 is 11.6 Å². The minimum atomic E-state index is -0.594. The first-order chi connectivity index (χ1) is 12.7. The topological polar surface area (TPSA) is 61.4 Å². The Kier molecular flexibility index (Phi) is 5.89. The first kappa shape index (κ1) is 18.0. The fourth-order valence-corrected chi connectivity index (χ4v) is 3.08. The molecule has 0 aromatic heterocycles. The molecule has 3 N–H and O–H groups in total. The Hall–Kier alpha value is -2.82. The average molecular weight is 367 g/mol. The van der Waals surface area contributed by atoms with Crippen LogP contribution in [0.1, 0.15) is 22.6 Å². The number of carbonyl (C=O) groups excluding carboxylic acids is 1. The van der Waals surface area contributed by atoms with Gasteiger partial charge in [-0.1, -0.05) is 72.3 Å². The van der Waals surface area contributed by atoms with E-state index < -0.39 is 11.8 Å². The van der Waals surface area contributed by atoms with Crippen molar-refractivity contribution in [1.29, 1.82) is 0 Å². The van der Waals surface area contributed by atoms with Crippen molar-refractivity contribution in [2.24, 2.45) is 0 Å². The van der Waals surface area contributed by atoms with Gasteiger partial charge in [0, 0.05) is 17.3 Å². The van der Waals surface area contributed by atoms with Gasteiger partial charge in [-0.05, 0) is 34.9 Å². The van der Waals surface area contributed by atoms with Gasteiger partial charge in [0.05, 0.1) is 5.92 Å². The van der Waals surface area contributed by atoms with Gasteiger partial charge in [0.15, 0.2) is 0 Å². The second-order valence-electron chi connectivity index (χ2n) is 5.89. The Morgan fingerprint density at radius 2 is 1.62 bits per heavy atom. The molecule has 132 valence electrons. The van der Waals surface area contributed by atoms with E-state index in [4.69, 9.17) is 16.8 Å². The zero-order valence-electron chi connectivity index (χ0n) is 14.0. The van der Waals surface area contributed by atoms with Gasteiger partial charge >= 0.3 is 0 Å². The predicted octanol–water partition coefficient (Wildman–Crippen LogP) is 4.59. The number of rotatable bonds is 6. The van der Waals surface area contributed by atoms with Crippen LogP contribution in [0, 0.1) is 0 Å². The number of halogens is 1. The Labute approximate surface area is 157 Å². The average Bonchev–Trinajstić information content (AvgIpc) is 2.68. The molecule has 3 aromatic carbocycles. The van der Waals surface area contributed by atoms with E-state index in [2.05, 4.69) is 5.32 Å². The maximum absolute atomic E-state index is 12.2. The van der Waals surface area contributed by atoms with Gasteiger partial charge in [0.25, 0.3) is 5.91 Å². The number of carbonyl (C=O) groups is 1. The monoisotopic (exact) mass is 366 g/mol. The molecule has 5 heteroatoms. The number of hydrogen-bond donors (Lipinski definition) is 3. The van der Waals surface area contributed by atoms with Crippen molar-refractivity contribution in [3.63, 3.8) is 0 Å². The van der Waals surface area contributed by atoms with Gasteiger partial charge in [-0.2, -0.15) is 0 Å². The number of hydroxylamine groups is 1. The summed E-state index contributed by atoms with van der Waals surface area (Å²) in [6.07, 6.45) is 0. The van der Waals surface area contributed by atoms with Crippen LogP contribution in [0.2, 0.25) is 5.02 Å². The normalized spacial score (nSPS) is 11.6. The highest BCUT2D eigenvalue weighted by atomic mass is 35.5. The molecular formula is C21H19ClN2O2. The molecular weight excluding hydrogens is 348 g/mol. The molecule has 0 saturated carbocycles. The Balaban J connectivity index is 1.85. The number of anilines is 1. The van der Waals surface area contributed by atoms with E-state index in [0.29, 0.717) is 11.6 Å². The maximum Gasteiger partial charge on any atom is 0.255 e. The fraction of sp³-hybridized carbons (Fsp3) is 0.0952. The van der Waals surface area contributed by atoms with Gasteiger partial charge in [-0.3, -0.25) is 10.0 Å². The Morgan fingerprint density at radius 1 is 0.923 bits per heavy atom. The third-order valence-electron chi connectivity index (χ3n) is 4.17. The van der Waals surface area contributed by atoms with Crippen LogP contribution < -0.4 is 10.8 Å². The molecule has 0 fully saturated rings. The van der Waals surface area contributed by atoms with Crippen molar-refractivity contribution in [1.82, 2.24) is 5.48 Å². The van der Waals surface area contributed by atoms with Gasteiger partial charge < -0.3 is 5.32 Å². The molecule has 0 heterocycles. The molecule has 0 spiro atoms. The zero-order chi connectivity index (χ0) is 18.4. The van der Waals surface area contributed by atoms with Crippen LogP contribution in [-0.2, 0) is 11.3 Å². The maximum atomic E-state index is 12.2. The van der Waals surface area contributed by atoms with Crippen LogP contribution in [0.5, 0.6) is 0 Å². The number of nitrogens with one attached hydrogen (secondary N) is 2. The van der Waals surface area contributed by atoms with E-state index in [-0.39, 0.29) is 0 Å². The van der Waals surface area contributed by atoms with E-state index in [9.17, 15) is 4.79 Å². The number of amides is 1. The molecule has 26 heavy (non-hydrogen) atoms. The molecule has 0 aliphatic rings. The van der Waals surface area contributed by atoms with Crippen molar-refractivity contribution in [3.05, 3.63) is 101 Å². The molecule has 1 amide bonds. The lowest BCUT2D eigenvalue weighted by atomic mass is 9.90. The van der Waals surface area contributed by atoms with Crippen LogP contribution in [0.25, 0.3) is 0 Å². The van der Waals surface area contributed by atoms with E-state index >= 15 is 0 Å². The van der Waals surface area contributed by atoms with Crippen LogP contribution in [0.15, 0.2) is 78.9 Å². The van der Waals surface area contributed by atoms with Crippen molar-refractivity contribution in [2.45, 2.75) is 12.5 Å². The van der Waals surface area contributed by atoms with Gasteiger partial charge in [-0.25, -0.2) is 5.48 Å². The van der Waals surface area contributed by atoms with Crippen LogP contribution in [0.4, 0.5) is 5.69 Å². The minimum Gasteiger partial charge on any atom is -0.381 e. The summed E-state index contributed by atoms with van der Waals surface area (Å²) in [5.41, 5.74) is 5.22. The Bertz CT molecular complexity index is 884. The first-order valence-electron chi connectivity index (χ1n) is 8.25. The lowest BCUT2D eigenvalue weighted by molar-refractivity contribution is -0.129. The molecule has 0 radical (unpaired) electrons. The highest BCUT2D eigenvalue weighted by Gasteiger charge is 2.22. The molecule has 3 aromatic rings. The third kappa shape index (κ3) is 4.23. The second kappa shape index (κ2) is 8.52.